The minimum atomic E-state index is -0.491. The van der Waals surface area contributed by atoms with E-state index in [0.29, 0.717) is 11.4 Å². The van der Waals surface area contributed by atoms with Crippen LogP contribution in [0.1, 0.15) is 0 Å². The van der Waals surface area contributed by atoms with Crippen LogP contribution in [0.2, 0.25) is 0 Å². The van der Waals surface area contributed by atoms with Crippen LogP contribution in [0.15, 0.2) is 96.6 Å². The van der Waals surface area contributed by atoms with Crippen molar-refractivity contribution >= 4 is 28.3 Å². The molecular weight excluding hydrogens is 368 g/mol. The van der Waals surface area contributed by atoms with Crippen molar-refractivity contribution in [2.45, 2.75) is 0 Å². The van der Waals surface area contributed by atoms with E-state index < -0.39 is 16.4 Å². The molecule has 0 spiro atoms. The number of benzene rings is 2. The van der Waals surface area contributed by atoms with Crippen LogP contribution in [-0.2, 0) is 9.59 Å². The van der Waals surface area contributed by atoms with Gasteiger partial charge in [-0.3, -0.25) is 4.79 Å². The smallest absolute Gasteiger partial charge is 0.321 e. The average molecular weight is 383 g/mol. The maximum Gasteiger partial charge on any atom is 0.387 e. The molecule has 2 aliphatic heterocycles. The van der Waals surface area contributed by atoms with Gasteiger partial charge in [-0.1, -0.05) is 51.9 Å². The number of nitrogens with zero attached hydrogens (tertiary/aromatic N) is 5. The van der Waals surface area contributed by atoms with Gasteiger partial charge in [-0.05, 0) is 28.8 Å². The lowest BCUT2D eigenvalue weighted by atomic mass is 10.0. The number of aromatic nitrogens is 4. The molecule has 8 nitrogen and oxygen atoms in total. The molecule has 2 aliphatic rings. The van der Waals surface area contributed by atoms with E-state index in [2.05, 4.69) is 20.8 Å². The Morgan fingerprint density at radius 1 is 1.03 bits per heavy atom. The van der Waals surface area contributed by atoms with Gasteiger partial charge in [-0.25, -0.2) is 4.79 Å². The minimum Gasteiger partial charge on any atom is -0.321 e. The van der Waals surface area contributed by atoms with Crippen molar-refractivity contribution in [1.82, 2.24) is 24.9 Å². The van der Waals surface area contributed by atoms with Crippen molar-refractivity contribution in [3.05, 3.63) is 96.6 Å². The zero-order valence-corrected chi connectivity index (χ0v) is 15.1. The lowest BCUT2D eigenvalue weighted by molar-refractivity contribution is -0.130. The number of amides is 2. The lowest BCUT2D eigenvalue weighted by Crippen LogP contribution is -2.60. The van der Waals surface area contributed by atoms with Gasteiger partial charge < -0.3 is 5.32 Å². The maximum atomic E-state index is 13.5. The number of anilines is 1. The molecular formula is C21H15N6O2+. The van der Waals surface area contributed by atoms with Gasteiger partial charge in [0, 0.05) is 28.4 Å². The van der Waals surface area contributed by atoms with E-state index in [-0.39, 0.29) is 5.57 Å². The first-order valence-electron chi connectivity index (χ1n) is 8.95. The second-order valence-electron chi connectivity index (χ2n) is 6.57. The maximum absolute atomic E-state index is 13.5. The highest BCUT2D eigenvalue weighted by atomic mass is 16.2. The molecule has 8 heteroatoms. The Labute approximate surface area is 165 Å². The lowest BCUT2D eigenvalue weighted by Gasteiger charge is -2.32. The largest absolute Gasteiger partial charge is 0.387 e. The molecule has 1 unspecified atom stereocenters. The van der Waals surface area contributed by atoms with Crippen molar-refractivity contribution in [2.75, 3.05) is 5.32 Å². The fourth-order valence-electron chi connectivity index (χ4n) is 3.58. The number of hydrogen-bond acceptors (Lipinski definition) is 5. The molecule has 3 aromatic rings. The SMILES string of the molecule is O=C(Nc1cccc2ccccc12)C1=CC=C2C=CC=C[N+]2(n2cnnn2)C1=O. The van der Waals surface area contributed by atoms with Gasteiger partial charge in [0.25, 0.3) is 5.91 Å². The number of nitrogens with one attached hydrogen (secondary N) is 1. The molecule has 3 heterocycles. The summed E-state index contributed by atoms with van der Waals surface area (Å²) in [6.45, 7) is 0. The Morgan fingerprint density at radius 3 is 2.76 bits per heavy atom. The first kappa shape index (κ1) is 17.0. The van der Waals surface area contributed by atoms with E-state index in [4.69, 9.17) is 0 Å². The Bertz CT molecular complexity index is 1260. The highest BCUT2D eigenvalue weighted by Gasteiger charge is 2.49. The molecule has 2 aromatic carbocycles. The molecule has 2 amide bonds. The predicted octanol–water partition coefficient (Wildman–Crippen LogP) is 2.34. The summed E-state index contributed by atoms with van der Waals surface area (Å²) in [4.78, 5) is 27.9. The van der Waals surface area contributed by atoms with E-state index in [1.54, 1.807) is 24.4 Å². The van der Waals surface area contributed by atoms with Crippen LogP contribution in [0.4, 0.5) is 5.69 Å². The van der Waals surface area contributed by atoms with Crippen molar-refractivity contribution in [3.63, 3.8) is 0 Å². The zero-order chi connectivity index (χ0) is 19.8. The molecule has 0 saturated heterocycles. The number of carbonyl (C=O) groups is 2. The van der Waals surface area contributed by atoms with Crippen LogP contribution < -0.4 is 9.91 Å². The summed E-state index contributed by atoms with van der Waals surface area (Å²) >= 11 is 0. The van der Waals surface area contributed by atoms with Crippen molar-refractivity contribution in [2.24, 2.45) is 0 Å². The third-order valence-electron chi connectivity index (χ3n) is 4.98. The van der Waals surface area contributed by atoms with Crippen molar-refractivity contribution in [3.8, 4) is 0 Å². The molecule has 0 bridgehead atoms. The third kappa shape index (κ3) is 2.54. The van der Waals surface area contributed by atoms with E-state index in [0.717, 1.165) is 10.8 Å². The Morgan fingerprint density at radius 2 is 1.90 bits per heavy atom. The molecule has 0 radical (unpaired) electrons. The minimum absolute atomic E-state index is 0.0112. The quantitative estimate of drug-likeness (QED) is 0.554. The highest BCUT2D eigenvalue weighted by Crippen LogP contribution is 2.29. The molecule has 0 aliphatic carbocycles. The summed E-state index contributed by atoms with van der Waals surface area (Å²) in [5, 5.41) is 16.0. The number of allylic oxidation sites excluding steroid dienone is 5. The molecule has 1 atom stereocenters. The van der Waals surface area contributed by atoms with Gasteiger partial charge in [0.05, 0.1) is 0 Å². The van der Waals surface area contributed by atoms with Gasteiger partial charge in [-0.2, -0.15) is 0 Å². The molecule has 0 saturated carbocycles. The highest BCUT2D eigenvalue weighted by molar-refractivity contribution is 6.26. The van der Waals surface area contributed by atoms with E-state index >= 15 is 0 Å². The Balaban J connectivity index is 1.55. The Hall–Kier alpha value is -4.17. The summed E-state index contributed by atoms with van der Waals surface area (Å²) in [5.74, 6) is -0.941. The first-order chi connectivity index (χ1) is 14.2. The van der Waals surface area contributed by atoms with Gasteiger partial charge in [0.1, 0.15) is 11.8 Å². The average Bonchev–Trinajstić information content (AvgIpc) is 3.30. The standard InChI is InChI=1S/C21H14N6O2/c28-20(23-19-10-5-7-15-6-1-2-9-17(15)19)18-12-11-16-8-3-4-13-27(16,21(18)29)26-14-22-24-25-26/h1-14H/p+1. The summed E-state index contributed by atoms with van der Waals surface area (Å²) in [6, 6.07) is 13.4. The van der Waals surface area contributed by atoms with Crippen molar-refractivity contribution < 1.29 is 9.59 Å². The number of fused-ring (bicyclic) bond motifs is 2. The van der Waals surface area contributed by atoms with Crippen LogP contribution >= 0.6 is 0 Å². The normalized spacial score (nSPS) is 20.2. The van der Waals surface area contributed by atoms with Gasteiger partial charge in [-0.15, -0.1) is 5.10 Å². The molecule has 5 rings (SSSR count). The predicted molar refractivity (Wildman–Crippen MR) is 107 cm³/mol. The fourth-order valence-corrected chi connectivity index (χ4v) is 3.58. The topological polar surface area (TPSA) is 89.8 Å². The zero-order valence-electron chi connectivity index (χ0n) is 15.1. The second-order valence-corrected chi connectivity index (χ2v) is 6.57. The number of carbonyl (C=O) groups excluding carboxylic acids is 2. The number of tetrazole rings is 1. The van der Waals surface area contributed by atoms with E-state index in [9.17, 15) is 9.59 Å². The third-order valence-corrected chi connectivity index (χ3v) is 4.98. The summed E-state index contributed by atoms with van der Waals surface area (Å²) in [7, 11) is 0. The monoisotopic (exact) mass is 383 g/mol. The first-order valence-corrected chi connectivity index (χ1v) is 8.95. The van der Waals surface area contributed by atoms with Crippen LogP contribution in [0, 0.1) is 0 Å². The molecule has 29 heavy (non-hydrogen) atoms. The van der Waals surface area contributed by atoms with Crippen LogP contribution in [-0.4, -0.2) is 32.1 Å². The summed E-state index contributed by atoms with van der Waals surface area (Å²) < 4.78 is -0.432. The molecule has 1 aromatic heterocycles. The molecule has 140 valence electrons. The number of hydrogen-bond donors (Lipinski definition) is 1. The van der Waals surface area contributed by atoms with Crippen LogP contribution in [0.25, 0.3) is 10.8 Å². The van der Waals surface area contributed by atoms with E-state index in [1.807, 2.05) is 48.5 Å². The van der Waals surface area contributed by atoms with Gasteiger partial charge in [0.15, 0.2) is 12.0 Å². The van der Waals surface area contributed by atoms with Gasteiger partial charge in [0.2, 0.25) is 0 Å². The summed E-state index contributed by atoms with van der Waals surface area (Å²) in [5.41, 5.74) is 1.28. The van der Waals surface area contributed by atoms with Crippen LogP contribution in [0.5, 0.6) is 0 Å². The fraction of sp³-hybridized carbons (Fsp3) is 0. The molecule has 0 fully saturated rings. The second kappa shape index (κ2) is 6.47. The Kier molecular flexibility index (Phi) is 3.78. The number of quaternary nitrogens is 1. The van der Waals surface area contributed by atoms with Crippen LogP contribution in [0.3, 0.4) is 0 Å². The molecule has 1 N–H and O–H groups in total. The number of rotatable bonds is 3. The summed E-state index contributed by atoms with van der Waals surface area (Å²) in [6.07, 6.45) is 11.6. The van der Waals surface area contributed by atoms with Crippen molar-refractivity contribution in [1.29, 1.82) is 0 Å². The van der Waals surface area contributed by atoms with E-state index in [1.165, 1.54) is 17.2 Å². The van der Waals surface area contributed by atoms with Gasteiger partial charge >= 0.3 is 5.91 Å².